The van der Waals surface area contributed by atoms with Gasteiger partial charge in [-0.3, -0.25) is 9.67 Å². The fraction of sp³-hybridized carbons (Fsp3) is 0.179. The van der Waals surface area contributed by atoms with Crippen LogP contribution in [0, 0.1) is 5.82 Å². The summed E-state index contributed by atoms with van der Waals surface area (Å²) in [6, 6.07) is 10.7. The van der Waals surface area contributed by atoms with Crippen molar-refractivity contribution in [3.8, 4) is 28.1 Å². The number of aromatic nitrogens is 6. The predicted octanol–water partition coefficient (Wildman–Crippen LogP) is 6.92. The number of hydrogen-bond acceptors (Lipinski definition) is 6. The molecule has 228 valence electrons. The second kappa shape index (κ2) is 12.5. The smallest absolute Gasteiger partial charge is 0.436 e. The number of aromatic carboxylic acids is 1. The van der Waals surface area contributed by atoms with Gasteiger partial charge in [0.15, 0.2) is 11.5 Å². The third kappa shape index (κ3) is 6.58. The number of carboxylic acids is 1. The van der Waals surface area contributed by atoms with Gasteiger partial charge in [-0.1, -0.05) is 35.0 Å². The lowest BCUT2D eigenvalue weighted by atomic mass is 10.0. The van der Waals surface area contributed by atoms with E-state index in [0.29, 0.717) is 22.9 Å². The molecular weight excluding hydrogens is 618 g/mol. The minimum atomic E-state index is -4.78. The molecule has 0 saturated carbocycles. The van der Waals surface area contributed by atoms with Gasteiger partial charge in [-0.05, 0) is 47.9 Å². The summed E-state index contributed by atoms with van der Waals surface area (Å²) in [5.74, 6) is -2.04. The van der Waals surface area contributed by atoms with E-state index >= 15 is 4.39 Å². The molecule has 0 spiro atoms. The number of benzene rings is 2. The average Bonchev–Trinajstić information content (AvgIpc) is 3.68. The third-order valence-corrected chi connectivity index (χ3v) is 6.84. The lowest BCUT2D eigenvalue weighted by molar-refractivity contribution is -0.141. The van der Waals surface area contributed by atoms with Gasteiger partial charge in [0.1, 0.15) is 0 Å². The number of halogens is 7. The van der Waals surface area contributed by atoms with Crippen LogP contribution in [0.25, 0.3) is 28.1 Å². The Morgan fingerprint density at radius 1 is 1.00 bits per heavy atom. The fourth-order valence-corrected chi connectivity index (χ4v) is 4.58. The summed E-state index contributed by atoms with van der Waals surface area (Å²) >= 11 is 5.98. The van der Waals surface area contributed by atoms with E-state index in [1.807, 2.05) is 0 Å². The molecule has 5 rings (SSSR count). The molecule has 0 radical (unpaired) electrons. The summed E-state index contributed by atoms with van der Waals surface area (Å²) in [4.78, 5) is 15.5. The summed E-state index contributed by atoms with van der Waals surface area (Å²) in [5.41, 5.74) is 0.187. The first kappa shape index (κ1) is 30.7. The Morgan fingerprint density at radius 3 is 2.36 bits per heavy atom. The van der Waals surface area contributed by atoms with Gasteiger partial charge in [0.2, 0.25) is 0 Å². The zero-order valence-corrected chi connectivity index (χ0v) is 22.8. The summed E-state index contributed by atoms with van der Waals surface area (Å²) in [5, 5.41) is 19.8. The highest BCUT2D eigenvalue weighted by molar-refractivity contribution is 6.31. The molecule has 1 atom stereocenters. The zero-order chi connectivity index (χ0) is 31.6. The molecule has 0 amide bonds. The largest absolute Gasteiger partial charge is 0.478 e. The first-order valence-corrected chi connectivity index (χ1v) is 13.0. The van der Waals surface area contributed by atoms with E-state index in [9.17, 15) is 26.7 Å². The van der Waals surface area contributed by atoms with E-state index in [0.717, 1.165) is 10.7 Å². The molecule has 0 aliphatic carbocycles. The highest BCUT2D eigenvalue weighted by atomic mass is 35.5. The number of hydrogen-bond donors (Lipinski definition) is 1. The van der Waals surface area contributed by atoms with Crippen LogP contribution in [0.1, 0.15) is 34.1 Å². The Bertz CT molecular complexity index is 1770. The first-order chi connectivity index (χ1) is 20.9. The molecule has 0 bridgehead atoms. The molecular formula is C28H19ClF6N6O3. The van der Waals surface area contributed by atoms with Gasteiger partial charge < -0.3 is 9.84 Å². The number of ether oxygens (including phenoxy) is 1. The molecule has 0 fully saturated rings. The number of nitrogens with zero attached hydrogens (tertiary/aromatic N) is 6. The van der Waals surface area contributed by atoms with Crippen LogP contribution in [0.5, 0.6) is 0 Å². The van der Waals surface area contributed by atoms with Crippen molar-refractivity contribution in [2.75, 3.05) is 6.61 Å². The van der Waals surface area contributed by atoms with Crippen LogP contribution in [0.15, 0.2) is 73.3 Å². The quantitative estimate of drug-likeness (QED) is 0.166. The summed E-state index contributed by atoms with van der Waals surface area (Å²) in [6.07, 6.45) is 0.344. The van der Waals surface area contributed by atoms with Gasteiger partial charge in [-0.15, -0.1) is 5.10 Å². The van der Waals surface area contributed by atoms with Gasteiger partial charge in [-0.25, -0.2) is 13.9 Å². The van der Waals surface area contributed by atoms with Crippen LogP contribution < -0.4 is 0 Å². The van der Waals surface area contributed by atoms with E-state index < -0.39 is 36.3 Å². The maximum absolute atomic E-state index is 15.3. The van der Waals surface area contributed by atoms with Crippen LogP contribution in [0.4, 0.5) is 26.3 Å². The Morgan fingerprint density at radius 2 is 1.75 bits per heavy atom. The SMILES string of the molecule is O=C(O)c1ccc(-c2cnn(C(CCOC(F)F)c3ccc(-c4c(-n5cc(C(F)(F)F)nn5)ccc(Cl)c4F)nc3)c2)cc1. The van der Waals surface area contributed by atoms with Crippen LogP contribution in [-0.2, 0) is 10.9 Å². The van der Waals surface area contributed by atoms with Crippen molar-refractivity contribution in [2.45, 2.75) is 25.3 Å². The molecule has 3 aromatic heterocycles. The maximum Gasteiger partial charge on any atom is 0.436 e. The van der Waals surface area contributed by atoms with Crippen molar-refractivity contribution in [3.63, 3.8) is 0 Å². The van der Waals surface area contributed by atoms with E-state index in [-0.39, 0.29) is 40.6 Å². The van der Waals surface area contributed by atoms with Crippen LogP contribution in [0.3, 0.4) is 0 Å². The van der Waals surface area contributed by atoms with E-state index in [4.69, 9.17) is 16.7 Å². The molecule has 1 unspecified atom stereocenters. The van der Waals surface area contributed by atoms with Gasteiger partial charge in [0.05, 0.1) is 52.6 Å². The molecule has 16 heteroatoms. The summed E-state index contributed by atoms with van der Waals surface area (Å²) < 4.78 is 86.8. The lowest BCUT2D eigenvalue weighted by Gasteiger charge is -2.19. The fourth-order valence-electron chi connectivity index (χ4n) is 4.42. The third-order valence-electron chi connectivity index (χ3n) is 6.55. The number of carbonyl (C=O) groups is 1. The monoisotopic (exact) mass is 636 g/mol. The molecule has 5 aromatic rings. The first-order valence-electron chi connectivity index (χ1n) is 12.6. The topological polar surface area (TPSA) is 108 Å². The van der Waals surface area contributed by atoms with Crippen molar-refractivity contribution in [2.24, 2.45) is 0 Å². The molecule has 1 N–H and O–H groups in total. The number of carboxylic acid groups (broad SMARTS) is 1. The van der Waals surface area contributed by atoms with E-state index in [1.54, 1.807) is 18.3 Å². The summed E-state index contributed by atoms with van der Waals surface area (Å²) in [7, 11) is 0. The van der Waals surface area contributed by atoms with Crippen molar-refractivity contribution in [3.05, 3.63) is 101 Å². The number of alkyl halides is 5. The minimum absolute atomic E-state index is 0.00457. The molecule has 0 aliphatic heterocycles. The molecule has 2 aromatic carbocycles. The Balaban J connectivity index is 1.49. The highest BCUT2D eigenvalue weighted by Gasteiger charge is 2.35. The van der Waals surface area contributed by atoms with Crippen molar-refractivity contribution in [1.29, 1.82) is 0 Å². The summed E-state index contributed by atoms with van der Waals surface area (Å²) in [6.45, 7) is -3.36. The molecule has 0 aliphatic rings. The number of pyridine rings is 1. The molecule has 44 heavy (non-hydrogen) atoms. The second-order valence-electron chi connectivity index (χ2n) is 9.31. The van der Waals surface area contributed by atoms with E-state index in [1.165, 1.54) is 47.4 Å². The average molecular weight is 637 g/mol. The predicted molar refractivity (Wildman–Crippen MR) is 144 cm³/mol. The van der Waals surface area contributed by atoms with Gasteiger partial charge in [0.25, 0.3) is 0 Å². The van der Waals surface area contributed by atoms with Crippen molar-refractivity contribution < 1.29 is 41.0 Å². The Labute approximate surface area is 249 Å². The molecule has 9 nitrogen and oxygen atoms in total. The van der Waals surface area contributed by atoms with Crippen LogP contribution in [0.2, 0.25) is 5.02 Å². The Kier molecular flexibility index (Phi) is 8.69. The molecule has 0 saturated heterocycles. The van der Waals surface area contributed by atoms with Crippen molar-refractivity contribution in [1.82, 2.24) is 29.8 Å². The van der Waals surface area contributed by atoms with Gasteiger partial charge in [0, 0.05) is 18.0 Å². The second-order valence-corrected chi connectivity index (χ2v) is 9.71. The number of rotatable bonds is 10. The van der Waals surface area contributed by atoms with Crippen LogP contribution in [-0.4, -0.2) is 54.1 Å². The maximum atomic E-state index is 15.3. The zero-order valence-electron chi connectivity index (χ0n) is 22.1. The lowest BCUT2D eigenvalue weighted by Crippen LogP contribution is -2.15. The normalized spacial score (nSPS) is 12.5. The van der Waals surface area contributed by atoms with Gasteiger partial charge >= 0.3 is 18.8 Å². The standard InChI is InChI=1S/C28H19ClF6N6O3/c29-19-6-8-22(41-14-23(38-39-41)28(33,34)35)24(25(19)30)20-7-5-17(11-36-20)21(9-10-44-27(31)32)40-13-18(12-37-40)15-1-3-16(4-2-15)26(42)43/h1-8,11-14,21,27H,9-10H2,(H,42,43). The Hall–Kier alpha value is -4.76. The van der Waals surface area contributed by atoms with Crippen molar-refractivity contribution >= 4 is 17.6 Å². The minimum Gasteiger partial charge on any atom is -0.478 e. The highest BCUT2D eigenvalue weighted by Crippen LogP contribution is 2.35. The van der Waals surface area contributed by atoms with E-state index in [2.05, 4.69) is 25.1 Å². The van der Waals surface area contributed by atoms with Gasteiger partial charge in [-0.2, -0.15) is 27.1 Å². The molecule has 3 heterocycles. The van der Waals surface area contributed by atoms with Crippen LogP contribution >= 0.6 is 11.6 Å².